The number of benzene rings is 1. The third kappa shape index (κ3) is 2.43. The van der Waals surface area contributed by atoms with E-state index >= 15 is 0 Å². The molecule has 1 unspecified atom stereocenters. The highest BCUT2D eigenvalue weighted by Gasteiger charge is 2.11. The fourth-order valence-electron chi connectivity index (χ4n) is 1.63. The summed E-state index contributed by atoms with van der Waals surface area (Å²) in [6.07, 6.45) is 1.68. The van der Waals surface area contributed by atoms with Crippen molar-refractivity contribution in [2.24, 2.45) is 0 Å². The Morgan fingerprint density at radius 1 is 1.50 bits per heavy atom. The topological polar surface area (TPSA) is 87.9 Å². The number of nitrogens with two attached hydrogens (primary N) is 1. The average Bonchev–Trinajstić information content (AvgIpc) is 2.78. The minimum atomic E-state index is -0.0751. The van der Waals surface area contributed by atoms with Crippen LogP contribution in [0, 0.1) is 18.3 Å². The first kappa shape index (κ1) is 12.0. The van der Waals surface area contributed by atoms with E-state index in [4.69, 9.17) is 15.4 Å². The second kappa shape index (κ2) is 4.80. The van der Waals surface area contributed by atoms with E-state index in [9.17, 15) is 0 Å². The van der Waals surface area contributed by atoms with Gasteiger partial charge in [0.25, 0.3) is 0 Å². The van der Waals surface area contributed by atoms with Gasteiger partial charge in [0.1, 0.15) is 17.9 Å². The van der Waals surface area contributed by atoms with Crippen molar-refractivity contribution in [2.75, 3.05) is 11.1 Å². The summed E-state index contributed by atoms with van der Waals surface area (Å²) in [5.41, 5.74) is 7.40. The average molecular weight is 242 g/mol. The fraction of sp³-hybridized carbons (Fsp3) is 0.231. The maximum Gasteiger partial charge on any atom is 0.216 e. The summed E-state index contributed by atoms with van der Waals surface area (Å²) in [7, 11) is 0. The SMILES string of the molecule is Cc1cnc(C(C)Nc2ccc(N)c(C#N)c2)o1. The van der Waals surface area contributed by atoms with Crippen molar-refractivity contribution in [2.45, 2.75) is 19.9 Å². The molecule has 2 aromatic rings. The van der Waals surface area contributed by atoms with Gasteiger partial charge in [0.2, 0.25) is 5.89 Å². The molecule has 0 saturated heterocycles. The number of aromatic nitrogens is 1. The summed E-state index contributed by atoms with van der Waals surface area (Å²) in [6.45, 7) is 3.79. The summed E-state index contributed by atoms with van der Waals surface area (Å²) >= 11 is 0. The molecule has 3 N–H and O–H groups in total. The minimum absolute atomic E-state index is 0.0751. The van der Waals surface area contributed by atoms with Crippen molar-refractivity contribution < 1.29 is 4.42 Å². The number of rotatable bonds is 3. The minimum Gasteiger partial charge on any atom is -0.444 e. The first-order chi connectivity index (χ1) is 8.60. The van der Waals surface area contributed by atoms with E-state index in [1.54, 1.807) is 18.3 Å². The van der Waals surface area contributed by atoms with E-state index in [1.807, 2.05) is 26.0 Å². The Bertz CT molecular complexity index is 597. The second-order valence-corrected chi connectivity index (χ2v) is 4.09. The Labute approximate surface area is 105 Å². The zero-order valence-electron chi connectivity index (χ0n) is 10.3. The van der Waals surface area contributed by atoms with Crippen molar-refractivity contribution in [1.29, 1.82) is 5.26 Å². The van der Waals surface area contributed by atoms with Crippen LogP contribution in [0.25, 0.3) is 0 Å². The van der Waals surface area contributed by atoms with Gasteiger partial charge in [0.15, 0.2) is 0 Å². The van der Waals surface area contributed by atoms with Crippen molar-refractivity contribution >= 4 is 11.4 Å². The number of aryl methyl sites for hydroxylation is 1. The quantitative estimate of drug-likeness (QED) is 0.808. The van der Waals surface area contributed by atoms with Gasteiger partial charge in [-0.3, -0.25) is 0 Å². The lowest BCUT2D eigenvalue weighted by atomic mass is 10.1. The van der Waals surface area contributed by atoms with Gasteiger partial charge in [-0.15, -0.1) is 0 Å². The van der Waals surface area contributed by atoms with Crippen LogP contribution in [0.3, 0.4) is 0 Å². The van der Waals surface area contributed by atoms with Gasteiger partial charge in [-0.1, -0.05) is 0 Å². The molecule has 5 heteroatoms. The fourth-order valence-corrected chi connectivity index (χ4v) is 1.63. The molecular weight excluding hydrogens is 228 g/mol. The van der Waals surface area contributed by atoms with Crippen LogP contribution >= 0.6 is 0 Å². The van der Waals surface area contributed by atoms with E-state index in [0.29, 0.717) is 17.1 Å². The van der Waals surface area contributed by atoms with Gasteiger partial charge >= 0.3 is 0 Å². The highest BCUT2D eigenvalue weighted by Crippen LogP contribution is 2.22. The highest BCUT2D eigenvalue weighted by molar-refractivity contribution is 5.62. The molecule has 0 amide bonds. The van der Waals surface area contributed by atoms with Crippen LogP contribution < -0.4 is 11.1 Å². The van der Waals surface area contributed by atoms with E-state index in [2.05, 4.69) is 10.3 Å². The van der Waals surface area contributed by atoms with E-state index in [1.165, 1.54) is 0 Å². The van der Waals surface area contributed by atoms with Crippen LogP contribution in [0.1, 0.15) is 30.2 Å². The number of nitrogens with one attached hydrogen (secondary N) is 1. The number of hydrogen-bond donors (Lipinski definition) is 2. The third-order valence-electron chi connectivity index (χ3n) is 2.57. The molecule has 0 aliphatic rings. The van der Waals surface area contributed by atoms with Gasteiger partial charge in [-0.2, -0.15) is 5.26 Å². The molecule has 0 fully saturated rings. The molecule has 0 radical (unpaired) electrons. The standard InChI is InChI=1S/C13H14N4O/c1-8-7-16-13(18-8)9(2)17-11-3-4-12(15)10(5-11)6-14/h3-5,7,9,17H,15H2,1-2H3. The van der Waals surface area contributed by atoms with Gasteiger partial charge in [-0.25, -0.2) is 4.98 Å². The summed E-state index contributed by atoms with van der Waals surface area (Å²) in [5.74, 6) is 1.39. The number of hydrogen-bond acceptors (Lipinski definition) is 5. The maximum absolute atomic E-state index is 8.91. The molecule has 18 heavy (non-hydrogen) atoms. The Balaban J connectivity index is 2.17. The number of nitrogens with zero attached hydrogens (tertiary/aromatic N) is 2. The van der Waals surface area contributed by atoms with E-state index in [0.717, 1.165) is 11.4 Å². The molecule has 5 nitrogen and oxygen atoms in total. The lowest BCUT2D eigenvalue weighted by Gasteiger charge is -2.12. The van der Waals surface area contributed by atoms with Crippen molar-refractivity contribution in [1.82, 2.24) is 4.98 Å². The highest BCUT2D eigenvalue weighted by atomic mass is 16.4. The summed E-state index contributed by atoms with van der Waals surface area (Å²) in [5, 5.41) is 12.1. The monoisotopic (exact) mass is 242 g/mol. The molecule has 0 saturated carbocycles. The molecule has 1 atom stereocenters. The number of nitrogen functional groups attached to an aromatic ring is 1. The molecule has 1 heterocycles. The predicted octanol–water partition coefficient (Wildman–Crippen LogP) is 2.61. The predicted molar refractivity (Wildman–Crippen MR) is 68.8 cm³/mol. The first-order valence-corrected chi connectivity index (χ1v) is 5.58. The molecular formula is C13H14N4O. The zero-order chi connectivity index (χ0) is 13.1. The Morgan fingerprint density at radius 2 is 2.28 bits per heavy atom. The van der Waals surface area contributed by atoms with E-state index in [-0.39, 0.29) is 6.04 Å². The largest absolute Gasteiger partial charge is 0.444 e. The maximum atomic E-state index is 8.91. The van der Waals surface area contributed by atoms with Crippen molar-refractivity contribution in [3.05, 3.63) is 41.6 Å². The van der Waals surface area contributed by atoms with Gasteiger partial charge in [0.05, 0.1) is 11.8 Å². The van der Waals surface area contributed by atoms with Crippen molar-refractivity contribution in [3.8, 4) is 6.07 Å². The summed E-state index contributed by atoms with van der Waals surface area (Å²) in [6, 6.07) is 7.21. The second-order valence-electron chi connectivity index (χ2n) is 4.09. The van der Waals surface area contributed by atoms with Gasteiger partial charge in [0, 0.05) is 11.4 Å². The van der Waals surface area contributed by atoms with Crippen LogP contribution in [-0.2, 0) is 0 Å². The molecule has 92 valence electrons. The zero-order valence-corrected chi connectivity index (χ0v) is 10.3. The van der Waals surface area contributed by atoms with Gasteiger partial charge < -0.3 is 15.5 Å². The summed E-state index contributed by atoms with van der Waals surface area (Å²) < 4.78 is 5.43. The Kier molecular flexibility index (Phi) is 3.20. The van der Waals surface area contributed by atoms with Crippen LogP contribution in [0.2, 0.25) is 0 Å². The smallest absolute Gasteiger partial charge is 0.216 e. The first-order valence-electron chi connectivity index (χ1n) is 5.58. The number of nitriles is 1. The number of anilines is 2. The third-order valence-corrected chi connectivity index (χ3v) is 2.57. The molecule has 0 aliphatic carbocycles. The Morgan fingerprint density at radius 3 is 2.89 bits per heavy atom. The molecule has 1 aromatic carbocycles. The lowest BCUT2D eigenvalue weighted by Crippen LogP contribution is -2.07. The van der Waals surface area contributed by atoms with Crippen LogP contribution in [0.5, 0.6) is 0 Å². The molecule has 0 aliphatic heterocycles. The molecule has 1 aromatic heterocycles. The normalized spacial score (nSPS) is 11.8. The lowest BCUT2D eigenvalue weighted by molar-refractivity contribution is 0.454. The van der Waals surface area contributed by atoms with Crippen LogP contribution in [-0.4, -0.2) is 4.98 Å². The molecule has 0 spiro atoms. The van der Waals surface area contributed by atoms with Crippen molar-refractivity contribution in [3.63, 3.8) is 0 Å². The number of oxazole rings is 1. The van der Waals surface area contributed by atoms with Gasteiger partial charge in [-0.05, 0) is 32.0 Å². The van der Waals surface area contributed by atoms with E-state index < -0.39 is 0 Å². The Hall–Kier alpha value is -2.48. The van der Waals surface area contributed by atoms with Crippen LogP contribution in [0.15, 0.2) is 28.8 Å². The molecule has 0 bridgehead atoms. The molecule has 2 rings (SSSR count). The van der Waals surface area contributed by atoms with Crippen LogP contribution in [0.4, 0.5) is 11.4 Å². The summed E-state index contributed by atoms with van der Waals surface area (Å²) in [4.78, 5) is 4.15.